The molecule has 0 atom stereocenters. The van der Waals surface area contributed by atoms with Crippen LogP contribution in [0.2, 0.25) is 0 Å². The average Bonchev–Trinajstić information content (AvgIpc) is 2.74. The molecule has 3 aromatic carbocycles. The number of benzene rings is 3. The molecule has 4 N–H and O–H groups in total. The van der Waals surface area contributed by atoms with E-state index in [-0.39, 0.29) is 4.90 Å². The molecule has 0 saturated heterocycles. The monoisotopic (exact) mass is 499 g/mol. The Morgan fingerprint density at radius 3 is 1.77 bits per heavy atom. The van der Waals surface area contributed by atoms with Crippen LogP contribution in [-0.2, 0) is 19.6 Å². The first-order valence-electron chi connectivity index (χ1n) is 9.00. The van der Waals surface area contributed by atoms with E-state index in [2.05, 4.69) is 26.6 Å². The van der Waals surface area contributed by atoms with E-state index >= 15 is 0 Å². The van der Waals surface area contributed by atoms with Gasteiger partial charge in [0, 0.05) is 33.6 Å². The molecule has 31 heavy (non-hydrogen) atoms. The van der Waals surface area contributed by atoms with E-state index in [9.17, 15) is 18.0 Å². The van der Waals surface area contributed by atoms with Crippen LogP contribution in [0, 0.1) is 0 Å². The van der Waals surface area contributed by atoms with Gasteiger partial charge in [0.2, 0.25) is 21.8 Å². The molecule has 0 bridgehead atoms. The highest BCUT2D eigenvalue weighted by Gasteiger charge is 2.14. The van der Waals surface area contributed by atoms with Crippen LogP contribution in [0.3, 0.4) is 0 Å². The topological polar surface area (TPSA) is 118 Å². The zero-order valence-corrected chi connectivity index (χ0v) is 18.5. The summed E-state index contributed by atoms with van der Waals surface area (Å²) in [7, 11) is -3.87. The second-order valence-corrected chi connectivity index (χ2v) is 8.88. The van der Waals surface area contributed by atoms with Crippen molar-refractivity contribution in [3.63, 3.8) is 0 Å². The molecule has 0 fully saturated rings. The van der Waals surface area contributed by atoms with Gasteiger partial charge < -0.3 is 10.6 Å². The van der Waals surface area contributed by atoms with Gasteiger partial charge in [0.05, 0.1) is 4.90 Å². The Morgan fingerprint density at radius 1 is 0.774 bits per heavy atom. The third-order valence-electron chi connectivity index (χ3n) is 4.15. The van der Waals surface area contributed by atoms with Gasteiger partial charge in [0.15, 0.2) is 0 Å². The second-order valence-electron chi connectivity index (χ2n) is 6.44. The maximum absolute atomic E-state index is 12.1. The molecule has 0 aromatic heterocycles. The van der Waals surface area contributed by atoms with Crippen molar-refractivity contribution in [3.05, 3.63) is 89.4 Å². The Labute approximate surface area is 188 Å². The number of hydrogen-bond donors (Lipinski definition) is 3. The number of sulfonamides is 1. The number of nitrogens with two attached hydrogens (primary N) is 1. The number of rotatable bonds is 6. The Kier molecular flexibility index (Phi) is 7.01. The fourth-order valence-corrected chi connectivity index (χ4v) is 3.76. The van der Waals surface area contributed by atoms with Crippen molar-refractivity contribution >= 4 is 49.1 Å². The molecule has 2 amide bonds. The van der Waals surface area contributed by atoms with Crippen molar-refractivity contribution in [2.45, 2.75) is 4.90 Å². The van der Waals surface area contributed by atoms with Gasteiger partial charge in [-0.05, 0) is 48.0 Å². The van der Waals surface area contributed by atoms with Gasteiger partial charge in [-0.25, -0.2) is 13.6 Å². The van der Waals surface area contributed by atoms with Crippen LogP contribution in [0.1, 0.15) is 0 Å². The Hall–Kier alpha value is -3.27. The molecule has 0 spiro atoms. The zero-order chi connectivity index (χ0) is 22.4. The number of amides is 2. The van der Waals surface area contributed by atoms with Crippen molar-refractivity contribution < 1.29 is 18.0 Å². The maximum atomic E-state index is 12.1. The highest BCUT2D eigenvalue weighted by atomic mass is 79.9. The summed E-state index contributed by atoms with van der Waals surface area (Å²) in [6.45, 7) is 0. The molecule has 0 saturated carbocycles. The predicted molar refractivity (Wildman–Crippen MR) is 124 cm³/mol. The van der Waals surface area contributed by atoms with Gasteiger partial charge in [-0.15, -0.1) is 0 Å². The van der Waals surface area contributed by atoms with Gasteiger partial charge in [-0.1, -0.05) is 46.3 Å². The number of primary sulfonamides is 1. The fraction of sp³-hybridized carbons (Fsp3) is 0. The number of anilines is 2. The van der Waals surface area contributed by atoms with Crippen LogP contribution in [0.15, 0.2) is 94.3 Å². The fourth-order valence-electron chi connectivity index (χ4n) is 2.74. The highest BCUT2D eigenvalue weighted by Crippen LogP contribution is 2.27. The molecule has 0 radical (unpaired) electrons. The van der Waals surface area contributed by atoms with Crippen molar-refractivity contribution in [2.75, 3.05) is 10.6 Å². The van der Waals surface area contributed by atoms with Crippen molar-refractivity contribution in [2.24, 2.45) is 5.14 Å². The third-order valence-corrected chi connectivity index (χ3v) is 5.65. The Morgan fingerprint density at radius 2 is 1.26 bits per heavy atom. The van der Waals surface area contributed by atoms with Crippen molar-refractivity contribution in [1.82, 2.24) is 0 Å². The lowest BCUT2D eigenvalue weighted by Gasteiger charge is -2.09. The quantitative estimate of drug-likeness (QED) is 0.445. The normalized spacial score (nSPS) is 11.3. The van der Waals surface area contributed by atoms with Crippen LogP contribution in [0.4, 0.5) is 11.4 Å². The van der Waals surface area contributed by atoms with Gasteiger partial charge in [-0.3, -0.25) is 9.59 Å². The molecule has 0 unspecified atom stereocenters. The molecule has 0 aliphatic rings. The summed E-state index contributed by atoms with van der Waals surface area (Å²) in [6, 6.07) is 20.0. The standard InChI is InChI=1S/C22H18BrN3O4S/c23-16-7-11-18(12-8-16)26-22(28)14-13-21(27)25-17-9-5-15(6-10-17)19-3-1-2-4-20(19)31(24,29)30/h1-14H,(H,25,27)(H,26,28)(H2,24,29,30)/b14-13-. The lowest BCUT2D eigenvalue weighted by molar-refractivity contribution is -0.114. The van der Waals surface area contributed by atoms with Crippen LogP contribution >= 0.6 is 15.9 Å². The third kappa shape index (κ3) is 6.35. The van der Waals surface area contributed by atoms with Crippen LogP contribution in [0.5, 0.6) is 0 Å². The lowest BCUT2D eigenvalue weighted by atomic mass is 10.1. The first kappa shape index (κ1) is 22.4. The summed E-state index contributed by atoms with van der Waals surface area (Å²) < 4.78 is 24.4. The molecule has 7 nitrogen and oxygen atoms in total. The Balaban J connectivity index is 1.63. The molecule has 9 heteroatoms. The number of halogens is 1. The van der Waals surface area contributed by atoms with Crippen LogP contribution < -0.4 is 15.8 Å². The highest BCUT2D eigenvalue weighted by molar-refractivity contribution is 9.10. The largest absolute Gasteiger partial charge is 0.323 e. The molecular formula is C22H18BrN3O4S. The minimum absolute atomic E-state index is 0.0199. The second kappa shape index (κ2) is 9.69. The summed E-state index contributed by atoms with van der Waals surface area (Å²) in [5, 5.41) is 10.6. The first-order valence-corrected chi connectivity index (χ1v) is 11.3. The molecule has 0 aliphatic heterocycles. The lowest BCUT2D eigenvalue weighted by Crippen LogP contribution is -2.13. The van der Waals surface area contributed by atoms with Gasteiger partial charge in [-0.2, -0.15) is 0 Å². The van der Waals surface area contributed by atoms with E-state index in [0.717, 1.165) is 16.6 Å². The van der Waals surface area contributed by atoms with E-state index in [1.165, 1.54) is 6.07 Å². The molecule has 0 heterocycles. The smallest absolute Gasteiger partial charge is 0.248 e. The summed E-state index contributed by atoms with van der Waals surface area (Å²) >= 11 is 3.31. The maximum Gasteiger partial charge on any atom is 0.248 e. The molecule has 3 aromatic rings. The van der Waals surface area contributed by atoms with E-state index < -0.39 is 21.8 Å². The van der Waals surface area contributed by atoms with Crippen molar-refractivity contribution in [1.29, 1.82) is 0 Å². The molecule has 158 valence electrons. The summed E-state index contributed by atoms with van der Waals surface area (Å²) in [5.41, 5.74) is 2.19. The van der Waals surface area contributed by atoms with Gasteiger partial charge in [0.25, 0.3) is 0 Å². The van der Waals surface area contributed by atoms with E-state index in [4.69, 9.17) is 5.14 Å². The van der Waals surface area contributed by atoms with Gasteiger partial charge >= 0.3 is 0 Å². The van der Waals surface area contributed by atoms with Crippen LogP contribution in [-0.4, -0.2) is 20.2 Å². The number of carbonyl (C=O) groups is 2. The number of hydrogen-bond acceptors (Lipinski definition) is 4. The average molecular weight is 500 g/mol. The molecule has 3 rings (SSSR count). The Bertz CT molecular complexity index is 1240. The van der Waals surface area contributed by atoms with Crippen LogP contribution in [0.25, 0.3) is 11.1 Å². The SMILES string of the molecule is NS(=O)(=O)c1ccccc1-c1ccc(NC(=O)/C=C\C(=O)Nc2ccc(Br)cc2)cc1. The molecular weight excluding hydrogens is 482 g/mol. The number of nitrogens with one attached hydrogen (secondary N) is 2. The minimum Gasteiger partial charge on any atom is -0.323 e. The van der Waals surface area contributed by atoms with E-state index in [0.29, 0.717) is 22.5 Å². The summed E-state index contributed by atoms with van der Waals surface area (Å²) in [5.74, 6) is -0.920. The summed E-state index contributed by atoms with van der Waals surface area (Å²) in [6.07, 6.45) is 2.26. The van der Waals surface area contributed by atoms with E-state index in [1.54, 1.807) is 66.7 Å². The van der Waals surface area contributed by atoms with E-state index in [1.807, 2.05) is 0 Å². The molecule has 0 aliphatic carbocycles. The predicted octanol–water partition coefficient (Wildman–Crippen LogP) is 3.90. The zero-order valence-electron chi connectivity index (χ0n) is 16.1. The first-order chi connectivity index (χ1) is 14.7. The minimum atomic E-state index is -3.87. The van der Waals surface area contributed by atoms with Gasteiger partial charge in [0.1, 0.15) is 0 Å². The summed E-state index contributed by atoms with van der Waals surface area (Å²) in [4.78, 5) is 24.0. The van der Waals surface area contributed by atoms with Crippen molar-refractivity contribution in [3.8, 4) is 11.1 Å². The number of carbonyl (C=O) groups excluding carboxylic acids is 2.